The first-order valence-electron chi connectivity index (χ1n) is 6.24. The predicted octanol–water partition coefficient (Wildman–Crippen LogP) is 3.81. The van der Waals surface area contributed by atoms with Gasteiger partial charge in [-0.05, 0) is 18.6 Å². The summed E-state index contributed by atoms with van der Waals surface area (Å²) in [5, 5.41) is 4.07. The summed E-state index contributed by atoms with van der Waals surface area (Å²) in [6, 6.07) is 8.01. The van der Waals surface area contributed by atoms with E-state index in [0.717, 1.165) is 28.6 Å². The van der Waals surface area contributed by atoms with Crippen LogP contribution >= 0.6 is 15.9 Å². The van der Waals surface area contributed by atoms with Crippen molar-refractivity contribution in [2.45, 2.75) is 19.8 Å². The molecule has 0 atom stereocenters. The third-order valence-electron chi connectivity index (χ3n) is 2.57. The average molecular weight is 322 g/mol. The van der Waals surface area contributed by atoms with Crippen LogP contribution < -0.4 is 0 Å². The predicted molar refractivity (Wildman–Crippen MR) is 79.2 cm³/mol. The van der Waals surface area contributed by atoms with Crippen LogP contribution in [-0.4, -0.2) is 21.4 Å². The van der Waals surface area contributed by atoms with E-state index in [2.05, 4.69) is 32.9 Å². The second-order valence-corrected chi connectivity index (χ2v) is 4.99. The van der Waals surface area contributed by atoms with Crippen LogP contribution in [0.5, 0.6) is 0 Å². The molecule has 0 fully saturated rings. The first-order valence-corrected chi connectivity index (χ1v) is 7.03. The maximum atomic E-state index is 5.84. The monoisotopic (exact) mass is 321 g/mol. The molecule has 0 amide bonds. The zero-order chi connectivity index (χ0) is 13.5. The fourth-order valence-corrected chi connectivity index (χ4v) is 1.80. The first-order chi connectivity index (χ1) is 9.29. The maximum Gasteiger partial charge on any atom is 0.144 e. The molecule has 0 radical (unpaired) electrons. The topological polar surface area (TPSA) is 39.9 Å². The number of hydrogen-bond acceptors (Lipinski definition) is 3. The van der Waals surface area contributed by atoms with Crippen LogP contribution in [0.3, 0.4) is 0 Å². The number of benzene rings is 1. The quantitative estimate of drug-likeness (QED) is 0.600. The van der Waals surface area contributed by atoms with Crippen molar-refractivity contribution in [1.29, 1.82) is 0 Å². The molecule has 1 aromatic heterocycles. The third kappa shape index (κ3) is 4.21. The first kappa shape index (κ1) is 13.8. The molecular weight excluding hydrogens is 306 g/mol. The minimum atomic E-state index is 0.701. The SMILES string of the molecule is CCCCO/C(=C\n1cncn1)c1ccc(Br)cc1. The largest absolute Gasteiger partial charge is 0.491 e. The van der Waals surface area contributed by atoms with E-state index < -0.39 is 0 Å². The van der Waals surface area contributed by atoms with Gasteiger partial charge in [-0.1, -0.05) is 41.4 Å². The molecule has 0 aliphatic carbocycles. The molecule has 0 aliphatic heterocycles. The van der Waals surface area contributed by atoms with Crippen LogP contribution in [0, 0.1) is 0 Å². The van der Waals surface area contributed by atoms with E-state index in [1.54, 1.807) is 11.0 Å². The zero-order valence-corrected chi connectivity index (χ0v) is 12.4. The Hall–Kier alpha value is -1.62. The highest BCUT2D eigenvalue weighted by molar-refractivity contribution is 9.10. The van der Waals surface area contributed by atoms with Crippen molar-refractivity contribution >= 4 is 27.9 Å². The molecule has 0 unspecified atom stereocenters. The van der Waals surface area contributed by atoms with Crippen LogP contribution in [0.25, 0.3) is 12.0 Å². The van der Waals surface area contributed by atoms with Gasteiger partial charge in [0.1, 0.15) is 18.4 Å². The summed E-state index contributed by atoms with van der Waals surface area (Å²) in [6.07, 6.45) is 7.12. The van der Waals surface area contributed by atoms with Crippen molar-refractivity contribution in [3.8, 4) is 0 Å². The van der Waals surface area contributed by atoms with Crippen molar-refractivity contribution in [2.24, 2.45) is 0 Å². The van der Waals surface area contributed by atoms with Gasteiger partial charge < -0.3 is 4.74 Å². The van der Waals surface area contributed by atoms with Crippen LogP contribution in [0.1, 0.15) is 25.3 Å². The molecule has 0 spiro atoms. The second-order valence-electron chi connectivity index (χ2n) is 4.08. The Balaban J connectivity index is 2.20. The molecule has 4 nitrogen and oxygen atoms in total. The molecule has 5 heteroatoms. The lowest BCUT2D eigenvalue weighted by atomic mass is 10.2. The Morgan fingerprint density at radius 2 is 2.16 bits per heavy atom. The Bertz CT molecular complexity index is 520. The smallest absolute Gasteiger partial charge is 0.144 e. The van der Waals surface area contributed by atoms with Gasteiger partial charge in [-0.25, -0.2) is 9.67 Å². The molecule has 0 aliphatic rings. The lowest BCUT2D eigenvalue weighted by Crippen LogP contribution is -1.98. The number of rotatable bonds is 6. The molecule has 2 aromatic rings. The molecular formula is C14H16BrN3O. The summed E-state index contributed by atoms with van der Waals surface area (Å²) in [5.41, 5.74) is 1.02. The van der Waals surface area contributed by atoms with Crippen molar-refractivity contribution in [1.82, 2.24) is 14.8 Å². The summed E-state index contributed by atoms with van der Waals surface area (Å²) >= 11 is 3.43. The molecule has 1 heterocycles. The second kappa shape index (κ2) is 7.09. The Morgan fingerprint density at radius 1 is 1.37 bits per heavy atom. The van der Waals surface area contributed by atoms with Crippen molar-refractivity contribution < 1.29 is 4.74 Å². The Labute approximate surface area is 121 Å². The van der Waals surface area contributed by atoms with Gasteiger partial charge in [0.2, 0.25) is 0 Å². The molecule has 0 bridgehead atoms. The van der Waals surface area contributed by atoms with Gasteiger partial charge in [-0.15, -0.1) is 0 Å². The van der Waals surface area contributed by atoms with Gasteiger partial charge in [0, 0.05) is 10.0 Å². The van der Waals surface area contributed by atoms with E-state index >= 15 is 0 Å². The molecule has 100 valence electrons. The molecule has 1 aromatic carbocycles. The van der Waals surface area contributed by atoms with Crippen LogP contribution in [0.4, 0.5) is 0 Å². The highest BCUT2D eigenvalue weighted by Gasteiger charge is 2.04. The van der Waals surface area contributed by atoms with Gasteiger partial charge in [-0.2, -0.15) is 5.10 Å². The third-order valence-corrected chi connectivity index (χ3v) is 3.10. The van der Waals surface area contributed by atoms with E-state index in [1.807, 2.05) is 30.5 Å². The average Bonchev–Trinajstić information content (AvgIpc) is 2.92. The van der Waals surface area contributed by atoms with Gasteiger partial charge in [0.25, 0.3) is 0 Å². The Morgan fingerprint density at radius 3 is 2.79 bits per heavy atom. The van der Waals surface area contributed by atoms with Gasteiger partial charge in [0.05, 0.1) is 12.8 Å². The van der Waals surface area contributed by atoms with Crippen LogP contribution in [-0.2, 0) is 4.74 Å². The molecule has 0 saturated carbocycles. The van der Waals surface area contributed by atoms with E-state index in [1.165, 1.54) is 6.33 Å². The lowest BCUT2D eigenvalue weighted by Gasteiger charge is -2.10. The van der Waals surface area contributed by atoms with Crippen molar-refractivity contribution in [3.05, 3.63) is 47.0 Å². The van der Waals surface area contributed by atoms with E-state index in [9.17, 15) is 0 Å². The van der Waals surface area contributed by atoms with Crippen molar-refractivity contribution in [2.75, 3.05) is 6.61 Å². The normalized spacial score (nSPS) is 11.6. The van der Waals surface area contributed by atoms with E-state index in [0.29, 0.717) is 6.61 Å². The zero-order valence-electron chi connectivity index (χ0n) is 10.8. The minimum Gasteiger partial charge on any atom is -0.491 e. The van der Waals surface area contributed by atoms with Gasteiger partial charge in [-0.3, -0.25) is 0 Å². The highest BCUT2D eigenvalue weighted by atomic mass is 79.9. The fraction of sp³-hybridized carbons (Fsp3) is 0.286. The van der Waals surface area contributed by atoms with Crippen LogP contribution in [0.2, 0.25) is 0 Å². The van der Waals surface area contributed by atoms with E-state index in [4.69, 9.17) is 4.74 Å². The Kier molecular flexibility index (Phi) is 5.15. The summed E-state index contributed by atoms with van der Waals surface area (Å²) < 4.78 is 8.53. The maximum absolute atomic E-state index is 5.84. The number of nitrogens with zero attached hydrogens (tertiary/aromatic N) is 3. The summed E-state index contributed by atoms with van der Waals surface area (Å²) in [5.74, 6) is 0.798. The van der Waals surface area contributed by atoms with E-state index in [-0.39, 0.29) is 0 Å². The summed E-state index contributed by atoms with van der Waals surface area (Å²) in [6.45, 7) is 2.84. The number of hydrogen-bond donors (Lipinski definition) is 0. The highest BCUT2D eigenvalue weighted by Crippen LogP contribution is 2.20. The molecule has 2 rings (SSSR count). The minimum absolute atomic E-state index is 0.701. The van der Waals surface area contributed by atoms with Gasteiger partial charge >= 0.3 is 0 Å². The number of ether oxygens (including phenoxy) is 1. The lowest BCUT2D eigenvalue weighted by molar-refractivity contribution is 0.271. The fourth-order valence-electron chi connectivity index (χ4n) is 1.54. The molecule has 0 N–H and O–H groups in total. The number of aromatic nitrogens is 3. The van der Waals surface area contributed by atoms with Crippen molar-refractivity contribution in [3.63, 3.8) is 0 Å². The molecule has 19 heavy (non-hydrogen) atoms. The van der Waals surface area contributed by atoms with Crippen LogP contribution in [0.15, 0.2) is 41.4 Å². The van der Waals surface area contributed by atoms with Gasteiger partial charge in [0.15, 0.2) is 0 Å². The standard InChI is InChI=1S/C14H16BrN3O/c1-2-3-8-19-14(9-18-11-16-10-17-18)12-4-6-13(15)7-5-12/h4-7,9-11H,2-3,8H2,1H3/b14-9-. The summed E-state index contributed by atoms with van der Waals surface area (Å²) in [4.78, 5) is 3.92. The number of halogens is 1. The molecule has 0 saturated heterocycles. The number of unbranched alkanes of at least 4 members (excludes halogenated alkanes) is 1. The summed E-state index contributed by atoms with van der Waals surface area (Å²) in [7, 11) is 0.